The zero-order valence-electron chi connectivity index (χ0n) is 33.9. The molecule has 0 aliphatic carbocycles. The molecule has 290 valence electrons. The fourth-order valence-corrected chi connectivity index (χ4v) is 9.56. The van der Waals surface area contributed by atoms with Gasteiger partial charge < -0.3 is 9.80 Å². The third-order valence-electron chi connectivity index (χ3n) is 12.4. The van der Waals surface area contributed by atoms with E-state index >= 15 is 0 Å². The molecule has 9 aromatic carbocycles. The minimum Gasteiger partial charge on any atom is -0.309 e. The summed E-state index contributed by atoms with van der Waals surface area (Å²) in [5, 5.41) is 0. The first-order valence-electron chi connectivity index (χ1n) is 21.2. The van der Waals surface area contributed by atoms with E-state index in [1.807, 2.05) is 18.5 Å². The van der Waals surface area contributed by atoms with Crippen LogP contribution in [-0.2, 0) is 0 Å². The van der Waals surface area contributed by atoms with Crippen molar-refractivity contribution >= 4 is 34.1 Å². The van der Waals surface area contributed by atoms with Crippen LogP contribution in [0.5, 0.6) is 0 Å². The first kappa shape index (κ1) is 35.7. The SMILES string of the molecule is c1ccc(-c2cccc(N3c4ccccc4-c4ccccc4-c4cc(-c5ccc6c(c5)N(c5ccc(-c7cccnc7)cc5)c5ccccc5-c5ccccc5-6)ccc43)c2)cc1. The molecule has 1 aromatic heterocycles. The van der Waals surface area contributed by atoms with Crippen LogP contribution in [0.3, 0.4) is 0 Å². The van der Waals surface area contributed by atoms with Gasteiger partial charge in [0.1, 0.15) is 0 Å². The van der Waals surface area contributed by atoms with Crippen molar-refractivity contribution in [1.29, 1.82) is 0 Å². The Morgan fingerprint density at radius 1 is 0.242 bits per heavy atom. The van der Waals surface area contributed by atoms with E-state index in [2.05, 4.69) is 233 Å². The highest BCUT2D eigenvalue weighted by molar-refractivity contribution is 6.06. The third-order valence-corrected chi connectivity index (χ3v) is 12.4. The summed E-state index contributed by atoms with van der Waals surface area (Å²) in [7, 11) is 0. The molecule has 2 aliphatic heterocycles. The zero-order chi connectivity index (χ0) is 41.0. The Morgan fingerprint density at radius 2 is 0.710 bits per heavy atom. The van der Waals surface area contributed by atoms with Gasteiger partial charge in [0, 0.05) is 46.0 Å². The number of rotatable bonds is 5. The molecule has 3 heteroatoms. The molecule has 0 radical (unpaired) electrons. The molecule has 0 atom stereocenters. The lowest BCUT2D eigenvalue weighted by Gasteiger charge is -2.29. The Hall–Kier alpha value is -8.27. The second-order valence-electron chi connectivity index (χ2n) is 16.0. The predicted molar refractivity (Wildman–Crippen MR) is 259 cm³/mol. The number of anilines is 6. The molecular formula is C59H39N3. The molecule has 0 saturated heterocycles. The van der Waals surface area contributed by atoms with E-state index in [4.69, 9.17) is 0 Å². The van der Waals surface area contributed by atoms with Gasteiger partial charge in [-0.25, -0.2) is 0 Å². The summed E-state index contributed by atoms with van der Waals surface area (Å²) in [5.41, 5.74) is 23.4. The summed E-state index contributed by atoms with van der Waals surface area (Å²) in [6.07, 6.45) is 3.74. The van der Waals surface area contributed by atoms with Crippen molar-refractivity contribution in [3.8, 4) is 77.9 Å². The van der Waals surface area contributed by atoms with Crippen molar-refractivity contribution in [2.24, 2.45) is 0 Å². The molecule has 2 aliphatic rings. The Kier molecular flexibility index (Phi) is 8.50. The number of fused-ring (bicyclic) bond motifs is 10. The highest BCUT2D eigenvalue weighted by Gasteiger charge is 2.29. The number of pyridine rings is 1. The Labute approximate surface area is 362 Å². The van der Waals surface area contributed by atoms with Gasteiger partial charge in [0.15, 0.2) is 0 Å². The Morgan fingerprint density at radius 3 is 1.37 bits per heavy atom. The first-order chi connectivity index (χ1) is 30.8. The normalized spacial score (nSPS) is 12.1. The maximum Gasteiger partial charge on any atom is 0.0546 e. The number of para-hydroxylation sites is 2. The predicted octanol–water partition coefficient (Wildman–Crippen LogP) is 16.3. The molecule has 12 rings (SSSR count). The number of hydrogen-bond acceptors (Lipinski definition) is 3. The van der Waals surface area contributed by atoms with Crippen LogP contribution in [-0.4, -0.2) is 4.98 Å². The fourth-order valence-electron chi connectivity index (χ4n) is 9.56. The van der Waals surface area contributed by atoms with Gasteiger partial charge in [-0.3, -0.25) is 4.98 Å². The smallest absolute Gasteiger partial charge is 0.0546 e. The highest BCUT2D eigenvalue weighted by Crippen LogP contribution is 2.54. The van der Waals surface area contributed by atoms with Gasteiger partial charge in [-0.05, 0) is 116 Å². The zero-order valence-corrected chi connectivity index (χ0v) is 33.9. The van der Waals surface area contributed by atoms with Gasteiger partial charge in [0.2, 0.25) is 0 Å². The van der Waals surface area contributed by atoms with Crippen molar-refractivity contribution in [2.75, 3.05) is 9.80 Å². The van der Waals surface area contributed by atoms with E-state index in [-0.39, 0.29) is 0 Å². The van der Waals surface area contributed by atoms with E-state index in [0.717, 1.165) is 56.4 Å². The van der Waals surface area contributed by atoms with E-state index in [0.29, 0.717) is 0 Å². The summed E-state index contributed by atoms with van der Waals surface area (Å²) >= 11 is 0. The van der Waals surface area contributed by atoms with Gasteiger partial charge in [-0.15, -0.1) is 0 Å². The van der Waals surface area contributed by atoms with Crippen LogP contribution >= 0.6 is 0 Å². The van der Waals surface area contributed by atoms with E-state index in [9.17, 15) is 0 Å². The van der Waals surface area contributed by atoms with Gasteiger partial charge in [-0.2, -0.15) is 0 Å². The van der Waals surface area contributed by atoms with Crippen molar-refractivity contribution in [2.45, 2.75) is 0 Å². The molecule has 0 fully saturated rings. The van der Waals surface area contributed by atoms with Crippen LogP contribution in [0.1, 0.15) is 0 Å². The molecule has 0 saturated carbocycles. The summed E-state index contributed by atoms with van der Waals surface area (Å²) in [4.78, 5) is 9.27. The Bertz CT molecular complexity index is 3300. The second-order valence-corrected chi connectivity index (χ2v) is 16.0. The molecule has 3 heterocycles. The fraction of sp³-hybridized carbons (Fsp3) is 0. The molecule has 10 aromatic rings. The lowest BCUT2D eigenvalue weighted by atomic mass is 9.91. The summed E-state index contributed by atoms with van der Waals surface area (Å²) in [6.45, 7) is 0. The maximum absolute atomic E-state index is 4.38. The maximum atomic E-state index is 4.38. The summed E-state index contributed by atoms with van der Waals surface area (Å²) in [6, 6.07) is 81.9. The van der Waals surface area contributed by atoms with Crippen molar-refractivity contribution in [3.63, 3.8) is 0 Å². The van der Waals surface area contributed by atoms with E-state index in [1.165, 1.54) is 55.6 Å². The largest absolute Gasteiger partial charge is 0.309 e. The standard InChI is InChI=1S/C59H39N3/c1-2-14-40(15-3-1)42-16-12-18-47(36-42)62-57-26-11-9-24-53(57)50-21-6-7-22-51(50)55-37-43(30-34-58(55)62)44-29-33-54-49-20-5-4-19-48(49)52-23-8-10-25-56(52)61(59(54)38-44)46-31-27-41(28-32-46)45-17-13-35-60-39-45/h1-39H. The van der Waals surface area contributed by atoms with E-state index < -0.39 is 0 Å². The summed E-state index contributed by atoms with van der Waals surface area (Å²) < 4.78 is 0. The molecular weight excluding hydrogens is 751 g/mol. The average Bonchev–Trinajstić information content (AvgIpc) is 3.56. The molecule has 0 unspecified atom stereocenters. The van der Waals surface area contributed by atoms with Crippen LogP contribution < -0.4 is 9.80 Å². The number of aromatic nitrogens is 1. The lowest BCUT2D eigenvalue weighted by molar-refractivity contribution is 1.29. The van der Waals surface area contributed by atoms with Crippen molar-refractivity contribution in [3.05, 3.63) is 237 Å². The number of benzene rings is 9. The van der Waals surface area contributed by atoms with Gasteiger partial charge in [-0.1, -0.05) is 164 Å². The van der Waals surface area contributed by atoms with Crippen LogP contribution in [0, 0.1) is 0 Å². The quantitative estimate of drug-likeness (QED) is 0.173. The lowest BCUT2D eigenvalue weighted by Crippen LogP contribution is -2.11. The monoisotopic (exact) mass is 789 g/mol. The molecule has 0 bridgehead atoms. The van der Waals surface area contributed by atoms with Gasteiger partial charge in [0.25, 0.3) is 0 Å². The van der Waals surface area contributed by atoms with Crippen LogP contribution in [0.25, 0.3) is 77.9 Å². The number of nitrogens with zero attached hydrogens (tertiary/aromatic N) is 3. The van der Waals surface area contributed by atoms with Crippen LogP contribution in [0.15, 0.2) is 237 Å². The molecule has 3 nitrogen and oxygen atoms in total. The van der Waals surface area contributed by atoms with E-state index in [1.54, 1.807) is 0 Å². The molecule has 0 spiro atoms. The van der Waals surface area contributed by atoms with Crippen LogP contribution in [0.4, 0.5) is 34.1 Å². The first-order valence-corrected chi connectivity index (χ1v) is 21.2. The summed E-state index contributed by atoms with van der Waals surface area (Å²) in [5.74, 6) is 0. The van der Waals surface area contributed by atoms with Gasteiger partial charge >= 0.3 is 0 Å². The van der Waals surface area contributed by atoms with Crippen molar-refractivity contribution in [1.82, 2.24) is 4.98 Å². The average molecular weight is 790 g/mol. The second kappa shape index (κ2) is 14.8. The molecule has 0 amide bonds. The third kappa shape index (κ3) is 5.94. The molecule has 0 N–H and O–H groups in total. The van der Waals surface area contributed by atoms with Gasteiger partial charge in [0.05, 0.1) is 22.7 Å². The Balaban J connectivity index is 1.05. The minimum atomic E-state index is 1.10. The molecule has 62 heavy (non-hydrogen) atoms. The highest BCUT2D eigenvalue weighted by atomic mass is 15.2. The number of hydrogen-bond donors (Lipinski definition) is 0. The van der Waals surface area contributed by atoms with Crippen molar-refractivity contribution < 1.29 is 0 Å². The topological polar surface area (TPSA) is 19.4 Å². The van der Waals surface area contributed by atoms with Crippen LogP contribution in [0.2, 0.25) is 0 Å². The minimum absolute atomic E-state index is 1.10.